The minimum absolute atomic E-state index is 0.0945. The minimum atomic E-state index is -0.876. The second-order valence-electron chi connectivity index (χ2n) is 6.33. The molecule has 0 aromatic heterocycles. The number of carbonyl (C=O) groups is 2. The summed E-state index contributed by atoms with van der Waals surface area (Å²) in [7, 11) is 0. The summed E-state index contributed by atoms with van der Waals surface area (Å²) in [6.07, 6.45) is -2.04. The van der Waals surface area contributed by atoms with Gasteiger partial charge in [0.05, 0.1) is 18.7 Å². The van der Waals surface area contributed by atoms with E-state index in [9.17, 15) is 14.7 Å². The molecule has 7 nitrogen and oxygen atoms in total. The molecule has 0 bridgehead atoms. The third kappa shape index (κ3) is 5.46. The highest BCUT2D eigenvalue weighted by Gasteiger charge is 2.36. The number of rotatable bonds is 5. The van der Waals surface area contributed by atoms with Crippen molar-refractivity contribution < 1.29 is 24.2 Å². The van der Waals surface area contributed by atoms with Crippen LogP contribution in [0.3, 0.4) is 0 Å². The van der Waals surface area contributed by atoms with Gasteiger partial charge in [-0.1, -0.05) is 60.7 Å². The van der Waals surface area contributed by atoms with Gasteiger partial charge in [-0.3, -0.25) is 0 Å². The second-order valence-corrected chi connectivity index (χ2v) is 6.33. The predicted octanol–water partition coefficient (Wildman–Crippen LogP) is 2.29. The lowest BCUT2D eigenvalue weighted by Gasteiger charge is -2.17. The van der Waals surface area contributed by atoms with Crippen LogP contribution in [0, 0.1) is 0 Å². The van der Waals surface area contributed by atoms with E-state index in [1.165, 1.54) is 4.90 Å². The number of alkyl carbamates (subject to hydrolysis) is 1. The van der Waals surface area contributed by atoms with Gasteiger partial charge in [0, 0.05) is 6.54 Å². The highest BCUT2D eigenvalue weighted by molar-refractivity contribution is 5.70. The van der Waals surface area contributed by atoms with E-state index in [-0.39, 0.29) is 26.3 Å². The van der Waals surface area contributed by atoms with Crippen LogP contribution in [0.1, 0.15) is 11.1 Å². The zero-order valence-electron chi connectivity index (χ0n) is 14.8. The van der Waals surface area contributed by atoms with Gasteiger partial charge in [-0.15, -0.1) is 0 Å². The largest absolute Gasteiger partial charge is 0.445 e. The quantitative estimate of drug-likeness (QED) is 0.843. The first-order valence-corrected chi connectivity index (χ1v) is 8.73. The van der Waals surface area contributed by atoms with E-state index >= 15 is 0 Å². The molecule has 0 spiro atoms. The molecule has 2 amide bonds. The molecule has 1 saturated heterocycles. The van der Waals surface area contributed by atoms with E-state index in [1.54, 1.807) is 0 Å². The number of aliphatic hydroxyl groups excluding tert-OH is 1. The number of amides is 2. The molecule has 0 aliphatic carbocycles. The Bertz CT molecular complexity index is 753. The molecule has 0 saturated carbocycles. The van der Waals surface area contributed by atoms with Gasteiger partial charge in [0.15, 0.2) is 0 Å². The molecule has 1 aliphatic heterocycles. The van der Waals surface area contributed by atoms with E-state index in [2.05, 4.69) is 5.32 Å². The van der Waals surface area contributed by atoms with Crippen molar-refractivity contribution in [1.29, 1.82) is 0 Å². The minimum Gasteiger partial charge on any atom is -0.445 e. The molecule has 1 heterocycles. The molecule has 3 rings (SSSR count). The smallest absolute Gasteiger partial charge is 0.410 e. The normalized spacial score (nSPS) is 18.8. The van der Waals surface area contributed by atoms with Crippen molar-refractivity contribution in [2.45, 2.75) is 25.4 Å². The van der Waals surface area contributed by atoms with Gasteiger partial charge in [-0.05, 0) is 11.1 Å². The molecule has 0 radical (unpaired) electrons. The van der Waals surface area contributed by atoms with Crippen LogP contribution in [0.15, 0.2) is 60.7 Å². The van der Waals surface area contributed by atoms with Gasteiger partial charge in [0.25, 0.3) is 0 Å². The summed E-state index contributed by atoms with van der Waals surface area (Å²) in [6, 6.07) is 18.0. The van der Waals surface area contributed by atoms with E-state index < -0.39 is 24.3 Å². The number of carbonyl (C=O) groups excluding carboxylic acids is 2. The number of aliphatic hydroxyl groups is 1. The Kier molecular flexibility index (Phi) is 6.27. The van der Waals surface area contributed by atoms with Crippen molar-refractivity contribution in [2.24, 2.45) is 0 Å². The fourth-order valence-electron chi connectivity index (χ4n) is 2.80. The van der Waals surface area contributed by atoms with Crippen LogP contribution in [-0.4, -0.2) is 47.4 Å². The van der Waals surface area contributed by atoms with Gasteiger partial charge in [-0.2, -0.15) is 0 Å². The van der Waals surface area contributed by atoms with Crippen molar-refractivity contribution in [3.05, 3.63) is 71.8 Å². The van der Waals surface area contributed by atoms with Crippen molar-refractivity contribution in [3.8, 4) is 0 Å². The molecule has 27 heavy (non-hydrogen) atoms. The highest BCUT2D eigenvalue weighted by Crippen LogP contribution is 2.13. The molecular weight excluding hydrogens is 348 g/mol. The zero-order chi connectivity index (χ0) is 19.1. The average molecular weight is 370 g/mol. The number of β-amino-alcohol motifs (C(OH)–C–C–N with tert-alkyl or cyclic N) is 1. The number of ether oxygens (including phenoxy) is 2. The molecule has 0 unspecified atom stereocenters. The fourth-order valence-corrected chi connectivity index (χ4v) is 2.80. The number of likely N-dealkylation sites (tertiary alicyclic amines) is 1. The maximum absolute atomic E-state index is 12.2. The fraction of sp³-hybridized carbons (Fsp3) is 0.300. The Balaban J connectivity index is 1.43. The van der Waals surface area contributed by atoms with E-state index in [4.69, 9.17) is 9.47 Å². The molecule has 2 atom stereocenters. The topological polar surface area (TPSA) is 88.1 Å². The molecule has 1 aliphatic rings. The Morgan fingerprint density at radius 2 is 1.48 bits per heavy atom. The third-order valence-electron chi connectivity index (χ3n) is 4.27. The molecule has 1 fully saturated rings. The summed E-state index contributed by atoms with van der Waals surface area (Å²) in [5, 5.41) is 12.7. The summed E-state index contributed by atoms with van der Waals surface area (Å²) in [5.41, 5.74) is 1.75. The Morgan fingerprint density at radius 3 is 2.07 bits per heavy atom. The second kappa shape index (κ2) is 9.05. The van der Waals surface area contributed by atoms with Gasteiger partial charge in [0.2, 0.25) is 0 Å². The summed E-state index contributed by atoms with van der Waals surface area (Å²) in [5.74, 6) is 0. The lowest BCUT2D eigenvalue weighted by Crippen LogP contribution is -2.43. The summed E-state index contributed by atoms with van der Waals surface area (Å²) in [6.45, 7) is 0.550. The van der Waals surface area contributed by atoms with Crippen molar-refractivity contribution in [1.82, 2.24) is 10.2 Å². The zero-order valence-corrected chi connectivity index (χ0v) is 14.8. The molecule has 142 valence electrons. The predicted molar refractivity (Wildman–Crippen MR) is 97.8 cm³/mol. The summed E-state index contributed by atoms with van der Waals surface area (Å²) in [4.78, 5) is 25.5. The van der Waals surface area contributed by atoms with E-state index in [0.717, 1.165) is 11.1 Å². The lowest BCUT2D eigenvalue weighted by molar-refractivity contribution is 0.0968. The first kappa shape index (κ1) is 18.7. The van der Waals surface area contributed by atoms with Crippen molar-refractivity contribution in [3.63, 3.8) is 0 Å². The number of benzene rings is 2. The average Bonchev–Trinajstić information content (AvgIpc) is 3.06. The first-order chi connectivity index (χ1) is 13.1. The summed E-state index contributed by atoms with van der Waals surface area (Å²) < 4.78 is 10.4. The molecule has 2 N–H and O–H groups in total. The van der Waals surface area contributed by atoms with Gasteiger partial charge in [0.1, 0.15) is 13.2 Å². The van der Waals surface area contributed by atoms with Crippen LogP contribution in [-0.2, 0) is 22.7 Å². The van der Waals surface area contributed by atoms with Crippen LogP contribution in [0.5, 0.6) is 0 Å². The van der Waals surface area contributed by atoms with Gasteiger partial charge < -0.3 is 24.8 Å². The Labute approximate surface area is 157 Å². The van der Waals surface area contributed by atoms with Gasteiger partial charge in [-0.25, -0.2) is 9.59 Å². The third-order valence-corrected chi connectivity index (χ3v) is 4.27. The molecule has 2 aromatic carbocycles. The monoisotopic (exact) mass is 370 g/mol. The standard InChI is InChI=1S/C20H22N2O5/c23-18-12-22(20(25)27-14-16-9-5-2-6-10-16)11-17(18)21-19(24)26-13-15-7-3-1-4-8-15/h1-10,17-18,23H,11-14H2,(H,21,24)/t17-,18+/m0/s1. The number of hydrogen-bond acceptors (Lipinski definition) is 5. The Hall–Kier alpha value is -3.06. The maximum atomic E-state index is 12.2. The lowest BCUT2D eigenvalue weighted by atomic mass is 10.2. The molecule has 7 heteroatoms. The molecular formula is C20H22N2O5. The van der Waals surface area contributed by atoms with Crippen molar-refractivity contribution in [2.75, 3.05) is 13.1 Å². The number of nitrogens with zero attached hydrogens (tertiary/aromatic N) is 1. The highest BCUT2D eigenvalue weighted by atomic mass is 16.6. The number of hydrogen-bond donors (Lipinski definition) is 2. The number of nitrogens with one attached hydrogen (secondary N) is 1. The van der Waals surface area contributed by atoms with Crippen LogP contribution in [0.4, 0.5) is 9.59 Å². The Morgan fingerprint density at radius 1 is 0.926 bits per heavy atom. The van der Waals surface area contributed by atoms with Crippen LogP contribution < -0.4 is 5.32 Å². The van der Waals surface area contributed by atoms with Gasteiger partial charge >= 0.3 is 12.2 Å². The van der Waals surface area contributed by atoms with Crippen LogP contribution in [0.25, 0.3) is 0 Å². The first-order valence-electron chi connectivity index (χ1n) is 8.73. The molecule has 2 aromatic rings. The maximum Gasteiger partial charge on any atom is 0.410 e. The van der Waals surface area contributed by atoms with Crippen molar-refractivity contribution >= 4 is 12.2 Å². The van der Waals surface area contributed by atoms with E-state index in [1.807, 2.05) is 60.7 Å². The van der Waals surface area contributed by atoms with Crippen LogP contribution >= 0.6 is 0 Å². The van der Waals surface area contributed by atoms with E-state index in [0.29, 0.717) is 0 Å². The summed E-state index contributed by atoms with van der Waals surface area (Å²) >= 11 is 0. The SMILES string of the molecule is O=C(N[C@H]1CN(C(=O)OCc2ccccc2)C[C@H]1O)OCc1ccccc1. The van der Waals surface area contributed by atoms with Crippen LogP contribution in [0.2, 0.25) is 0 Å².